The first-order valence-corrected chi connectivity index (χ1v) is 5.41. The summed E-state index contributed by atoms with van der Waals surface area (Å²) in [5, 5.41) is 3.56. The third-order valence-corrected chi connectivity index (χ3v) is 2.94. The van der Waals surface area contributed by atoms with Crippen molar-refractivity contribution in [2.75, 3.05) is 19.8 Å². The minimum atomic E-state index is 0.555. The van der Waals surface area contributed by atoms with Crippen molar-refractivity contribution >= 4 is 0 Å². The zero-order chi connectivity index (χ0) is 9.80. The molecule has 1 aliphatic heterocycles. The third kappa shape index (κ3) is 2.14. The van der Waals surface area contributed by atoms with Crippen molar-refractivity contribution in [1.29, 1.82) is 0 Å². The standard InChI is InChI=1S/C12H18N2/c1-2-14-9-8-12(13-10-14)11-6-4-3-5-7-11/h3-7,12-13H,2,8-10H2,1H3. The van der Waals surface area contributed by atoms with Crippen molar-refractivity contribution < 1.29 is 0 Å². The molecule has 0 aromatic heterocycles. The smallest absolute Gasteiger partial charge is 0.0485 e. The number of nitrogens with one attached hydrogen (secondary N) is 1. The molecule has 76 valence electrons. The molecular formula is C12H18N2. The SMILES string of the molecule is CCN1CCC(c2ccccc2)NC1. The molecule has 1 saturated heterocycles. The van der Waals surface area contributed by atoms with Crippen LogP contribution in [-0.2, 0) is 0 Å². The molecule has 1 aromatic carbocycles. The summed E-state index contributed by atoms with van der Waals surface area (Å²) in [5.41, 5.74) is 1.42. The highest BCUT2D eigenvalue weighted by atomic mass is 15.2. The molecule has 0 amide bonds. The molecule has 1 heterocycles. The fourth-order valence-corrected chi connectivity index (χ4v) is 1.97. The van der Waals surface area contributed by atoms with Crippen molar-refractivity contribution in [3.63, 3.8) is 0 Å². The Kier molecular flexibility index (Phi) is 3.17. The Morgan fingerprint density at radius 3 is 2.71 bits per heavy atom. The van der Waals surface area contributed by atoms with Gasteiger partial charge in [-0.2, -0.15) is 0 Å². The summed E-state index contributed by atoms with van der Waals surface area (Å²) >= 11 is 0. The Morgan fingerprint density at radius 2 is 2.14 bits per heavy atom. The van der Waals surface area contributed by atoms with E-state index in [0.717, 1.165) is 13.2 Å². The Hall–Kier alpha value is -0.860. The summed E-state index contributed by atoms with van der Waals surface area (Å²) in [6.07, 6.45) is 1.22. The third-order valence-electron chi connectivity index (χ3n) is 2.94. The minimum absolute atomic E-state index is 0.555. The molecule has 1 aromatic rings. The van der Waals surface area contributed by atoms with Gasteiger partial charge in [0.2, 0.25) is 0 Å². The van der Waals surface area contributed by atoms with Crippen molar-refractivity contribution in [1.82, 2.24) is 10.2 Å². The summed E-state index contributed by atoms with van der Waals surface area (Å²) in [5.74, 6) is 0. The summed E-state index contributed by atoms with van der Waals surface area (Å²) < 4.78 is 0. The monoisotopic (exact) mass is 190 g/mol. The van der Waals surface area contributed by atoms with Crippen molar-refractivity contribution in [3.8, 4) is 0 Å². The molecule has 1 aliphatic rings. The predicted octanol–water partition coefficient (Wildman–Crippen LogP) is 2.00. The largest absolute Gasteiger partial charge is 0.297 e. The summed E-state index contributed by atoms with van der Waals surface area (Å²) in [6, 6.07) is 11.3. The maximum atomic E-state index is 3.56. The summed E-state index contributed by atoms with van der Waals surface area (Å²) in [6.45, 7) is 5.60. The van der Waals surface area contributed by atoms with Gasteiger partial charge in [-0.05, 0) is 18.5 Å². The van der Waals surface area contributed by atoms with E-state index in [9.17, 15) is 0 Å². The van der Waals surface area contributed by atoms with Gasteiger partial charge in [0.05, 0.1) is 0 Å². The Balaban J connectivity index is 1.96. The molecule has 0 spiro atoms. The second kappa shape index (κ2) is 4.58. The lowest BCUT2D eigenvalue weighted by molar-refractivity contribution is 0.191. The molecule has 0 radical (unpaired) electrons. The fraction of sp³-hybridized carbons (Fsp3) is 0.500. The second-order valence-corrected chi connectivity index (χ2v) is 3.82. The first kappa shape index (κ1) is 9.69. The molecule has 2 heteroatoms. The van der Waals surface area contributed by atoms with E-state index in [2.05, 4.69) is 47.5 Å². The van der Waals surface area contributed by atoms with E-state index in [1.807, 2.05) is 0 Å². The molecule has 0 saturated carbocycles. The number of benzene rings is 1. The van der Waals surface area contributed by atoms with Crippen LogP contribution in [0.25, 0.3) is 0 Å². The first-order chi connectivity index (χ1) is 6.90. The van der Waals surface area contributed by atoms with E-state index < -0.39 is 0 Å². The Morgan fingerprint density at radius 1 is 1.36 bits per heavy atom. The molecule has 1 N–H and O–H groups in total. The van der Waals surface area contributed by atoms with Crippen LogP contribution in [0.15, 0.2) is 30.3 Å². The van der Waals surface area contributed by atoms with Gasteiger partial charge in [0.1, 0.15) is 0 Å². The lowest BCUT2D eigenvalue weighted by Crippen LogP contribution is -2.43. The normalized spacial score (nSPS) is 23.6. The number of hydrogen-bond donors (Lipinski definition) is 1. The van der Waals surface area contributed by atoms with Crippen LogP contribution in [0.4, 0.5) is 0 Å². The van der Waals surface area contributed by atoms with Crippen molar-refractivity contribution in [2.24, 2.45) is 0 Å². The van der Waals surface area contributed by atoms with Crippen molar-refractivity contribution in [2.45, 2.75) is 19.4 Å². The number of rotatable bonds is 2. The van der Waals surface area contributed by atoms with Gasteiger partial charge in [0.15, 0.2) is 0 Å². The summed E-state index contributed by atoms with van der Waals surface area (Å²) in [7, 11) is 0. The highest BCUT2D eigenvalue weighted by Crippen LogP contribution is 2.19. The molecular weight excluding hydrogens is 172 g/mol. The van der Waals surface area contributed by atoms with Gasteiger partial charge in [-0.15, -0.1) is 0 Å². The maximum Gasteiger partial charge on any atom is 0.0485 e. The van der Waals surface area contributed by atoms with Crippen LogP contribution in [0.5, 0.6) is 0 Å². The second-order valence-electron chi connectivity index (χ2n) is 3.82. The lowest BCUT2D eigenvalue weighted by atomic mass is 10.0. The average Bonchev–Trinajstić information content (AvgIpc) is 2.30. The van der Waals surface area contributed by atoms with Gasteiger partial charge in [0, 0.05) is 19.3 Å². The molecule has 14 heavy (non-hydrogen) atoms. The maximum absolute atomic E-state index is 3.56. The lowest BCUT2D eigenvalue weighted by Gasteiger charge is -2.32. The van der Waals surface area contributed by atoms with Crippen LogP contribution in [0, 0.1) is 0 Å². The fourth-order valence-electron chi connectivity index (χ4n) is 1.97. The summed E-state index contributed by atoms with van der Waals surface area (Å²) in [4.78, 5) is 2.43. The van der Waals surface area contributed by atoms with Gasteiger partial charge in [0.25, 0.3) is 0 Å². The van der Waals surface area contributed by atoms with Crippen LogP contribution in [0.3, 0.4) is 0 Å². The number of hydrogen-bond acceptors (Lipinski definition) is 2. The van der Waals surface area contributed by atoms with Crippen LogP contribution < -0.4 is 5.32 Å². The topological polar surface area (TPSA) is 15.3 Å². The molecule has 1 atom stereocenters. The zero-order valence-corrected chi connectivity index (χ0v) is 8.74. The van der Waals surface area contributed by atoms with Gasteiger partial charge in [-0.25, -0.2) is 0 Å². The van der Waals surface area contributed by atoms with E-state index >= 15 is 0 Å². The van der Waals surface area contributed by atoms with E-state index in [4.69, 9.17) is 0 Å². The molecule has 2 rings (SSSR count). The molecule has 2 nitrogen and oxygen atoms in total. The van der Waals surface area contributed by atoms with Crippen molar-refractivity contribution in [3.05, 3.63) is 35.9 Å². The van der Waals surface area contributed by atoms with E-state index in [1.165, 1.54) is 18.5 Å². The quantitative estimate of drug-likeness (QED) is 0.767. The highest BCUT2D eigenvalue weighted by molar-refractivity contribution is 5.19. The van der Waals surface area contributed by atoms with Crippen LogP contribution >= 0.6 is 0 Å². The van der Waals surface area contributed by atoms with Gasteiger partial charge in [-0.3, -0.25) is 10.2 Å². The van der Waals surface area contributed by atoms with Crippen LogP contribution in [0.2, 0.25) is 0 Å². The first-order valence-electron chi connectivity index (χ1n) is 5.41. The Bertz CT molecular complexity index is 263. The highest BCUT2D eigenvalue weighted by Gasteiger charge is 2.17. The van der Waals surface area contributed by atoms with E-state index in [-0.39, 0.29) is 0 Å². The van der Waals surface area contributed by atoms with Crippen LogP contribution in [0.1, 0.15) is 24.9 Å². The average molecular weight is 190 g/mol. The molecule has 1 unspecified atom stereocenters. The van der Waals surface area contributed by atoms with E-state index in [0.29, 0.717) is 6.04 Å². The Labute approximate surface area is 85.9 Å². The van der Waals surface area contributed by atoms with Gasteiger partial charge < -0.3 is 0 Å². The molecule has 0 bridgehead atoms. The molecule has 0 aliphatic carbocycles. The predicted molar refractivity (Wildman–Crippen MR) is 59.0 cm³/mol. The van der Waals surface area contributed by atoms with Gasteiger partial charge in [-0.1, -0.05) is 37.3 Å². The van der Waals surface area contributed by atoms with E-state index in [1.54, 1.807) is 0 Å². The number of nitrogens with zero attached hydrogens (tertiary/aromatic N) is 1. The molecule has 1 fully saturated rings. The minimum Gasteiger partial charge on any atom is -0.297 e. The van der Waals surface area contributed by atoms with Gasteiger partial charge >= 0.3 is 0 Å². The zero-order valence-electron chi connectivity index (χ0n) is 8.74. The van der Waals surface area contributed by atoms with Crippen LogP contribution in [-0.4, -0.2) is 24.7 Å².